The lowest BCUT2D eigenvalue weighted by atomic mass is 10.1. The Labute approximate surface area is 130 Å². The van der Waals surface area contributed by atoms with Crippen LogP contribution in [-0.4, -0.2) is 14.2 Å². The van der Waals surface area contributed by atoms with Crippen molar-refractivity contribution in [2.45, 2.75) is 19.9 Å². The number of benzene rings is 2. The van der Waals surface area contributed by atoms with Gasteiger partial charge in [-0.25, -0.2) is 0 Å². The average Bonchev–Trinajstić information content (AvgIpc) is 2.50. The molecule has 0 atom stereocenters. The third-order valence-corrected chi connectivity index (χ3v) is 3.61. The van der Waals surface area contributed by atoms with E-state index in [4.69, 9.17) is 21.1 Å². The molecule has 0 fully saturated rings. The van der Waals surface area contributed by atoms with E-state index in [1.165, 1.54) is 5.56 Å². The molecule has 0 aromatic heterocycles. The quantitative estimate of drug-likeness (QED) is 0.857. The Balaban J connectivity index is 2.23. The molecule has 0 aliphatic carbocycles. The zero-order valence-electron chi connectivity index (χ0n) is 12.6. The Hall–Kier alpha value is -1.71. The lowest BCUT2D eigenvalue weighted by molar-refractivity contribution is 0.378. The fraction of sp³-hybridized carbons (Fsp3) is 0.294. The predicted molar refractivity (Wildman–Crippen MR) is 86.7 cm³/mol. The maximum absolute atomic E-state index is 6.24. The number of methoxy groups -OCH3 is 1. The van der Waals surface area contributed by atoms with Crippen molar-refractivity contribution in [3.05, 3.63) is 52.5 Å². The Morgan fingerprint density at radius 3 is 2.52 bits per heavy atom. The van der Waals surface area contributed by atoms with Gasteiger partial charge >= 0.3 is 0 Å². The molecule has 112 valence electrons. The zero-order valence-corrected chi connectivity index (χ0v) is 13.3. The van der Waals surface area contributed by atoms with Gasteiger partial charge in [-0.15, -0.1) is 0 Å². The molecule has 0 heterocycles. The minimum atomic E-state index is 0.686. The Morgan fingerprint density at radius 2 is 1.90 bits per heavy atom. The van der Waals surface area contributed by atoms with Crippen molar-refractivity contribution in [1.82, 2.24) is 5.32 Å². The van der Waals surface area contributed by atoms with E-state index in [1.54, 1.807) is 7.11 Å². The summed E-state index contributed by atoms with van der Waals surface area (Å²) < 4.78 is 11.3. The number of ether oxygens (including phenoxy) is 2. The number of nitrogens with one attached hydrogen (secondary N) is 1. The van der Waals surface area contributed by atoms with Gasteiger partial charge in [-0.3, -0.25) is 0 Å². The number of hydrogen-bond acceptors (Lipinski definition) is 3. The summed E-state index contributed by atoms with van der Waals surface area (Å²) in [6.45, 7) is 2.84. The van der Waals surface area contributed by atoms with Crippen LogP contribution in [-0.2, 0) is 13.0 Å². The first-order valence-electron chi connectivity index (χ1n) is 6.95. The van der Waals surface area contributed by atoms with Crippen LogP contribution >= 0.6 is 11.6 Å². The summed E-state index contributed by atoms with van der Waals surface area (Å²) in [6, 6.07) is 11.6. The number of aryl methyl sites for hydroxylation is 1. The van der Waals surface area contributed by atoms with Gasteiger partial charge in [0.05, 0.1) is 7.11 Å². The van der Waals surface area contributed by atoms with Crippen molar-refractivity contribution < 1.29 is 9.47 Å². The van der Waals surface area contributed by atoms with E-state index < -0.39 is 0 Å². The first kappa shape index (κ1) is 15.7. The lowest BCUT2D eigenvalue weighted by Gasteiger charge is -2.12. The molecule has 1 N–H and O–H groups in total. The monoisotopic (exact) mass is 305 g/mol. The van der Waals surface area contributed by atoms with Crippen LogP contribution in [0.2, 0.25) is 5.02 Å². The molecule has 2 aromatic rings. The summed E-state index contributed by atoms with van der Waals surface area (Å²) in [5, 5.41) is 3.77. The topological polar surface area (TPSA) is 30.5 Å². The van der Waals surface area contributed by atoms with Crippen LogP contribution in [0.5, 0.6) is 17.2 Å². The van der Waals surface area contributed by atoms with E-state index in [2.05, 4.69) is 12.2 Å². The summed E-state index contributed by atoms with van der Waals surface area (Å²) in [5.74, 6) is 2.11. The molecule has 0 aliphatic heterocycles. The second-order valence-corrected chi connectivity index (χ2v) is 5.13. The molecule has 0 spiro atoms. The van der Waals surface area contributed by atoms with Crippen LogP contribution in [0.3, 0.4) is 0 Å². The fourth-order valence-electron chi connectivity index (χ4n) is 2.07. The summed E-state index contributed by atoms with van der Waals surface area (Å²) in [7, 11) is 3.53. The lowest BCUT2D eigenvalue weighted by Crippen LogP contribution is -2.05. The molecular formula is C17H20ClNO2. The molecule has 0 aliphatic rings. The largest absolute Gasteiger partial charge is 0.493 e. The van der Waals surface area contributed by atoms with Crippen LogP contribution in [0.4, 0.5) is 0 Å². The van der Waals surface area contributed by atoms with E-state index in [-0.39, 0.29) is 0 Å². The molecule has 4 heteroatoms. The van der Waals surface area contributed by atoms with Gasteiger partial charge in [0.2, 0.25) is 0 Å². The molecule has 0 unspecified atom stereocenters. The zero-order chi connectivity index (χ0) is 15.2. The number of rotatable bonds is 6. The maximum atomic E-state index is 6.24. The van der Waals surface area contributed by atoms with Gasteiger partial charge in [-0.2, -0.15) is 0 Å². The highest BCUT2D eigenvalue weighted by Gasteiger charge is 2.08. The van der Waals surface area contributed by atoms with Gasteiger partial charge in [0, 0.05) is 11.6 Å². The van der Waals surface area contributed by atoms with Crippen molar-refractivity contribution in [2.24, 2.45) is 0 Å². The van der Waals surface area contributed by atoms with Crippen LogP contribution < -0.4 is 14.8 Å². The third kappa shape index (κ3) is 3.90. The van der Waals surface area contributed by atoms with Crippen LogP contribution in [0.1, 0.15) is 18.1 Å². The van der Waals surface area contributed by atoms with E-state index in [9.17, 15) is 0 Å². The highest BCUT2D eigenvalue weighted by Crippen LogP contribution is 2.34. The molecule has 0 saturated heterocycles. The SMILES string of the molecule is CCc1ccc(Oc2ccc(CNC)c(Cl)c2)c(OC)c1. The first-order chi connectivity index (χ1) is 10.2. The molecule has 0 radical (unpaired) electrons. The van der Waals surface area contributed by atoms with Crippen molar-refractivity contribution >= 4 is 11.6 Å². The van der Waals surface area contributed by atoms with Crippen molar-refractivity contribution in [2.75, 3.05) is 14.2 Å². The first-order valence-corrected chi connectivity index (χ1v) is 7.33. The van der Waals surface area contributed by atoms with Crippen LogP contribution in [0.25, 0.3) is 0 Å². The number of halogens is 1. The highest BCUT2D eigenvalue weighted by molar-refractivity contribution is 6.31. The average molecular weight is 306 g/mol. The Kier molecular flexibility index (Phi) is 5.48. The van der Waals surface area contributed by atoms with E-state index in [0.717, 1.165) is 24.3 Å². The van der Waals surface area contributed by atoms with Crippen molar-refractivity contribution in [3.8, 4) is 17.2 Å². The van der Waals surface area contributed by atoms with Gasteiger partial charge in [0.15, 0.2) is 11.5 Å². The van der Waals surface area contributed by atoms with Gasteiger partial charge in [-0.05, 0) is 48.9 Å². The maximum Gasteiger partial charge on any atom is 0.169 e. The molecule has 0 bridgehead atoms. The molecule has 2 rings (SSSR count). The summed E-state index contributed by atoms with van der Waals surface area (Å²) in [5.41, 5.74) is 2.25. The smallest absolute Gasteiger partial charge is 0.169 e. The number of hydrogen-bond donors (Lipinski definition) is 1. The van der Waals surface area contributed by atoms with E-state index in [0.29, 0.717) is 16.5 Å². The minimum Gasteiger partial charge on any atom is -0.493 e. The van der Waals surface area contributed by atoms with Crippen LogP contribution in [0, 0.1) is 0 Å². The third-order valence-electron chi connectivity index (χ3n) is 3.26. The predicted octanol–water partition coefficient (Wildman–Crippen LogP) is 4.42. The van der Waals surface area contributed by atoms with E-state index >= 15 is 0 Å². The van der Waals surface area contributed by atoms with Gasteiger partial charge in [0.25, 0.3) is 0 Å². The van der Waals surface area contributed by atoms with E-state index in [1.807, 2.05) is 43.4 Å². The standard InChI is InChI=1S/C17H20ClNO2/c1-4-12-5-8-16(17(9-12)20-3)21-14-7-6-13(11-19-2)15(18)10-14/h5-10,19H,4,11H2,1-3H3. The molecular weight excluding hydrogens is 286 g/mol. The van der Waals surface area contributed by atoms with Gasteiger partial charge < -0.3 is 14.8 Å². The minimum absolute atomic E-state index is 0.686. The second kappa shape index (κ2) is 7.34. The Bertz CT molecular complexity index is 614. The summed E-state index contributed by atoms with van der Waals surface area (Å²) in [6.07, 6.45) is 0.960. The van der Waals surface area contributed by atoms with Crippen LogP contribution in [0.15, 0.2) is 36.4 Å². The summed E-state index contributed by atoms with van der Waals surface area (Å²) in [4.78, 5) is 0. The molecule has 2 aromatic carbocycles. The fourth-order valence-corrected chi connectivity index (χ4v) is 2.31. The molecule has 0 saturated carbocycles. The molecule has 3 nitrogen and oxygen atoms in total. The van der Waals surface area contributed by atoms with Crippen molar-refractivity contribution in [3.63, 3.8) is 0 Å². The van der Waals surface area contributed by atoms with Gasteiger partial charge in [0.1, 0.15) is 5.75 Å². The summed E-state index contributed by atoms with van der Waals surface area (Å²) >= 11 is 6.24. The highest BCUT2D eigenvalue weighted by atomic mass is 35.5. The Morgan fingerprint density at radius 1 is 1.10 bits per heavy atom. The normalized spacial score (nSPS) is 10.5. The van der Waals surface area contributed by atoms with Gasteiger partial charge in [-0.1, -0.05) is 30.7 Å². The molecule has 21 heavy (non-hydrogen) atoms. The van der Waals surface area contributed by atoms with Crippen molar-refractivity contribution in [1.29, 1.82) is 0 Å². The second-order valence-electron chi connectivity index (χ2n) is 4.72. The molecule has 0 amide bonds.